The molecule has 0 saturated carbocycles. The van der Waals surface area contributed by atoms with E-state index in [0.717, 1.165) is 23.2 Å². The summed E-state index contributed by atoms with van der Waals surface area (Å²) in [5, 5.41) is 5.33. The van der Waals surface area contributed by atoms with E-state index in [4.69, 9.17) is 19.9 Å². The summed E-state index contributed by atoms with van der Waals surface area (Å²) in [4.78, 5) is 27.9. The van der Waals surface area contributed by atoms with E-state index < -0.39 is 52.8 Å². The molecule has 1 saturated heterocycles. The molecule has 1 fully saturated rings. The van der Waals surface area contributed by atoms with Crippen molar-refractivity contribution in [3.05, 3.63) is 82.6 Å². The molecule has 2 aliphatic rings. The molecule has 0 aromatic heterocycles. The number of nitrogens with zero attached hydrogens (tertiary/aromatic N) is 2. The quantitative estimate of drug-likeness (QED) is 0.241. The Morgan fingerprint density at radius 1 is 0.978 bits per heavy atom. The van der Waals surface area contributed by atoms with Gasteiger partial charge in [0.1, 0.15) is 5.57 Å². The minimum atomic E-state index is -4.72. The largest absolute Gasteiger partial charge is 0.494 e. The van der Waals surface area contributed by atoms with Gasteiger partial charge in [0.15, 0.2) is 23.1 Å². The topological polar surface area (TPSA) is 106 Å². The second-order valence-electron chi connectivity index (χ2n) is 11.0. The maximum Gasteiger partial charge on any atom is 0.416 e. The predicted molar refractivity (Wildman–Crippen MR) is 158 cm³/mol. The van der Waals surface area contributed by atoms with Crippen molar-refractivity contribution in [1.82, 2.24) is 10.0 Å². The van der Waals surface area contributed by atoms with Crippen LogP contribution in [0.3, 0.4) is 0 Å². The van der Waals surface area contributed by atoms with Crippen LogP contribution in [0.2, 0.25) is 0 Å². The van der Waals surface area contributed by atoms with Gasteiger partial charge >= 0.3 is 6.18 Å². The number of anilines is 1. The van der Waals surface area contributed by atoms with Crippen molar-refractivity contribution in [2.24, 2.45) is 5.73 Å². The van der Waals surface area contributed by atoms with Crippen molar-refractivity contribution in [2.75, 3.05) is 33.2 Å². The van der Waals surface area contributed by atoms with E-state index in [1.807, 2.05) is 0 Å². The summed E-state index contributed by atoms with van der Waals surface area (Å²) < 4.78 is 86.5. The first-order valence-corrected chi connectivity index (χ1v) is 14.1. The molecule has 244 valence electrons. The lowest BCUT2D eigenvalue weighted by atomic mass is 9.89. The Kier molecular flexibility index (Phi) is 8.60. The molecule has 1 unspecified atom stereocenters. The lowest BCUT2D eigenvalue weighted by Gasteiger charge is -2.47. The highest BCUT2D eigenvalue weighted by molar-refractivity contribution is 6.24. The molecule has 14 heteroatoms. The van der Waals surface area contributed by atoms with Gasteiger partial charge in [0.2, 0.25) is 5.82 Å². The van der Waals surface area contributed by atoms with Gasteiger partial charge < -0.3 is 25.3 Å². The molecule has 3 N–H and O–H groups in total. The van der Waals surface area contributed by atoms with Gasteiger partial charge in [0, 0.05) is 34.6 Å². The zero-order valence-corrected chi connectivity index (χ0v) is 25.4. The number of hydrazine groups is 1. The number of carbonyl (C=O) groups is 2. The van der Waals surface area contributed by atoms with Crippen LogP contribution in [0.4, 0.5) is 27.6 Å². The maximum absolute atomic E-state index is 15.0. The van der Waals surface area contributed by atoms with Gasteiger partial charge in [-0.2, -0.15) is 17.6 Å². The Balaban J connectivity index is 1.58. The van der Waals surface area contributed by atoms with Gasteiger partial charge in [-0.05, 0) is 50.1 Å². The summed E-state index contributed by atoms with van der Waals surface area (Å²) >= 11 is 0. The summed E-state index contributed by atoms with van der Waals surface area (Å²) in [6.45, 7) is 1.63. The Morgan fingerprint density at radius 3 is 2.35 bits per heavy atom. The molecule has 5 rings (SSSR count). The number of nitrogens with two attached hydrogens (primary N) is 1. The van der Waals surface area contributed by atoms with Crippen molar-refractivity contribution < 1.29 is 45.8 Å². The maximum atomic E-state index is 15.0. The van der Waals surface area contributed by atoms with E-state index in [2.05, 4.69) is 5.32 Å². The van der Waals surface area contributed by atoms with Crippen molar-refractivity contribution in [3.63, 3.8) is 0 Å². The van der Waals surface area contributed by atoms with Crippen LogP contribution in [0.5, 0.6) is 17.2 Å². The molecule has 3 aromatic rings. The van der Waals surface area contributed by atoms with Gasteiger partial charge in [-0.3, -0.25) is 14.6 Å². The summed E-state index contributed by atoms with van der Waals surface area (Å²) in [5.41, 5.74) is 3.79. The lowest BCUT2D eigenvalue weighted by molar-refractivity contribution is -0.157. The van der Waals surface area contributed by atoms with Gasteiger partial charge in [0.05, 0.1) is 39.0 Å². The third kappa shape index (κ3) is 5.46. The number of alkyl halides is 3. The van der Waals surface area contributed by atoms with Crippen LogP contribution in [-0.2, 0) is 22.3 Å². The van der Waals surface area contributed by atoms with Gasteiger partial charge in [-0.25, -0.2) is 9.40 Å². The van der Waals surface area contributed by atoms with E-state index in [1.165, 1.54) is 39.5 Å². The van der Waals surface area contributed by atoms with Crippen molar-refractivity contribution in [2.45, 2.75) is 38.0 Å². The minimum absolute atomic E-state index is 0.0578. The zero-order chi connectivity index (χ0) is 33.6. The summed E-state index contributed by atoms with van der Waals surface area (Å²) in [7, 11) is 3.87. The highest BCUT2D eigenvalue weighted by Crippen LogP contribution is 2.45. The van der Waals surface area contributed by atoms with Crippen molar-refractivity contribution in [3.8, 4) is 28.4 Å². The number of ether oxygens (including phenoxy) is 3. The molecule has 0 spiro atoms. The Hall–Kier alpha value is -4.85. The average molecular weight is 647 g/mol. The molecule has 2 heterocycles. The third-order valence-electron chi connectivity index (χ3n) is 8.37. The standard InChI is InChI=1S/C32H31F5N4O5/c1-31-13-6-14-41(31)40(16-17-9-12-22(44-2)26(34)25(17)33)30(43)24(28(31)38)29(42)39-21-11-10-18(32(35,36)37)15-20(21)19-7-5-8-23(45-3)27(19)46-4/h5,7-12,15H,6,13-14,16,38H2,1-4H3,(H,39,42). The number of nitrogens with one attached hydrogen (secondary N) is 1. The van der Waals surface area contributed by atoms with Crippen LogP contribution >= 0.6 is 0 Å². The van der Waals surface area contributed by atoms with Crippen molar-refractivity contribution >= 4 is 17.5 Å². The second kappa shape index (κ2) is 12.2. The van der Waals surface area contributed by atoms with Crippen LogP contribution in [0, 0.1) is 11.6 Å². The van der Waals surface area contributed by atoms with E-state index in [9.17, 15) is 27.2 Å². The molecule has 0 bridgehead atoms. The summed E-state index contributed by atoms with van der Waals surface area (Å²) in [6, 6.07) is 9.80. The highest BCUT2D eigenvalue weighted by Gasteiger charge is 2.51. The molecular formula is C32H31F5N4O5. The highest BCUT2D eigenvalue weighted by atomic mass is 19.4. The molecule has 2 amide bonds. The van der Waals surface area contributed by atoms with Crippen LogP contribution < -0.4 is 25.3 Å². The molecule has 0 radical (unpaired) electrons. The van der Waals surface area contributed by atoms with E-state index in [-0.39, 0.29) is 45.3 Å². The fraction of sp³-hybridized carbons (Fsp3) is 0.312. The van der Waals surface area contributed by atoms with Gasteiger partial charge in [-0.1, -0.05) is 18.2 Å². The number of hydrogen-bond donors (Lipinski definition) is 2. The fourth-order valence-corrected chi connectivity index (χ4v) is 5.96. The number of amides is 2. The predicted octanol–water partition coefficient (Wildman–Crippen LogP) is 5.64. The first kappa shape index (κ1) is 32.5. The van der Waals surface area contributed by atoms with Crippen molar-refractivity contribution in [1.29, 1.82) is 0 Å². The molecule has 46 heavy (non-hydrogen) atoms. The molecular weight excluding hydrogens is 615 g/mol. The Labute approximate surface area is 261 Å². The van der Waals surface area contributed by atoms with E-state index in [0.29, 0.717) is 19.4 Å². The van der Waals surface area contributed by atoms with E-state index >= 15 is 4.39 Å². The van der Waals surface area contributed by atoms with Gasteiger partial charge in [-0.15, -0.1) is 0 Å². The second-order valence-corrected chi connectivity index (χ2v) is 11.0. The van der Waals surface area contributed by atoms with Crippen LogP contribution in [0.15, 0.2) is 59.8 Å². The monoisotopic (exact) mass is 646 g/mol. The minimum Gasteiger partial charge on any atom is -0.494 e. The number of halogens is 5. The smallest absolute Gasteiger partial charge is 0.416 e. The number of benzene rings is 3. The fourth-order valence-electron chi connectivity index (χ4n) is 5.96. The number of para-hydroxylation sites is 1. The molecule has 2 aliphatic heterocycles. The number of methoxy groups -OCH3 is 3. The number of hydrogen-bond acceptors (Lipinski definition) is 7. The van der Waals surface area contributed by atoms with Crippen LogP contribution in [0.1, 0.15) is 30.9 Å². The Bertz CT molecular complexity index is 1740. The third-order valence-corrected chi connectivity index (χ3v) is 8.37. The first-order valence-electron chi connectivity index (χ1n) is 14.1. The van der Waals surface area contributed by atoms with Crippen LogP contribution in [0.25, 0.3) is 11.1 Å². The molecule has 3 aromatic carbocycles. The molecule has 0 aliphatic carbocycles. The Morgan fingerprint density at radius 2 is 1.70 bits per heavy atom. The normalized spacial score (nSPS) is 18.5. The van der Waals surface area contributed by atoms with E-state index in [1.54, 1.807) is 24.1 Å². The lowest BCUT2D eigenvalue weighted by Crippen LogP contribution is -2.62. The molecule has 1 atom stereocenters. The summed E-state index contributed by atoms with van der Waals surface area (Å²) in [6.07, 6.45) is -3.70. The zero-order valence-electron chi connectivity index (χ0n) is 25.4. The van der Waals surface area contributed by atoms with Crippen LogP contribution in [-0.4, -0.2) is 55.2 Å². The first-order chi connectivity index (χ1) is 21.8. The number of rotatable bonds is 8. The summed E-state index contributed by atoms with van der Waals surface area (Å²) in [5.74, 6) is -4.31. The van der Waals surface area contributed by atoms with Gasteiger partial charge in [0.25, 0.3) is 11.8 Å². The number of carbonyl (C=O) groups excluding carboxylic acids is 2. The molecule has 9 nitrogen and oxygen atoms in total. The number of fused-ring (bicyclic) bond motifs is 1. The SMILES string of the molecule is COc1ccc(CN2C(=O)C(C(=O)Nc3ccc(C(F)(F)F)cc3-c3cccc(OC)c3OC)=C(N)C3(C)CCCN23)c(F)c1F. The average Bonchev–Trinajstić information content (AvgIpc) is 3.43.